The van der Waals surface area contributed by atoms with Crippen molar-refractivity contribution < 1.29 is 22.4 Å². The summed E-state index contributed by atoms with van der Waals surface area (Å²) in [6, 6.07) is 10.4. The summed E-state index contributed by atoms with van der Waals surface area (Å²) in [6.07, 6.45) is 3.22. The van der Waals surface area contributed by atoms with Gasteiger partial charge in [-0.05, 0) is 24.3 Å². The highest BCUT2D eigenvalue weighted by molar-refractivity contribution is 8.16. The Balaban J connectivity index is 1.51. The highest BCUT2D eigenvalue weighted by Gasteiger charge is 2.42. The van der Waals surface area contributed by atoms with Gasteiger partial charge in [0.15, 0.2) is 5.03 Å². The van der Waals surface area contributed by atoms with E-state index in [1.165, 1.54) is 23.6 Å². The van der Waals surface area contributed by atoms with Crippen molar-refractivity contribution in [3.8, 4) is 5.75 Å². The van der Waals surface area contributed by atoms with E-state index in [1.54, 1.807) is 37.1 Å². The molecule has 12 heteroatoms. The van der Waals surface area contributed by atoms with E-state index in [-0.39, 0.29) is 9.77 Å². The van der Waals surface area contributed by atoms with E-state index in [0.29, 0.717) is 48.2 Å². The molecule has 0 saturated carbocycles. The number of benzene rings is 1. The van der Waals surface area contributed by atoms with Crippen molar-refractivity contribution in [2.45, 2.75) is 22.6 Å². The normalized spacial score (nSPS) is 22.2. The predicted molar refractivity (Wildman–Crippen MR) is 144 cm³/mol. The molecule has 3 aromatic rings. The minimum Gasteiger partial charge on any atom is -0.616 e. The first-order chi connectivity index (χ1) is 17.3. The average molecular weight is 549 g/mol. The van der Waals surface area contributed by atoms with Crippen LogP contribution in [0.4, 0.5) is 5.69 Å². The molecule has 5 rings (SSSR count). The van der Waals surface area contributed by atoms with Crippen LogP contribution in [0.25, 0.3) is 10.9 Å². The van der Waals surface area contributed by atoms with Gasteiger partial charge in [-0.3, -0.25) is 9.30 Å². The molecule has 0 radical (unpaired) electrons. The number of ether oxygens (including phenoxy) is 2. The van der Waals surface area contributed by atoms with Gasteiger partial charge in [-0.2, -0.15) is 8.42 Å². The molecule has 2 aliphatic rings. The topological polar surface area (TPSA) is 120 Å². The zero-order valence-electron chi connectivity index (χ0n) is 20.1. The number of aliphatic imine (C=N–C) groups is 1. The van der Waals surface area contributed by atoms with Gasteiger partial charge in [-0.15, -0.1) is 0 Å². The first-order valence-electron chi connectivity index (χ1n) is 11.6. The lowest BCUT2D eigenvalue weighted by molar-refractivity contribution is 0.146. The molecule has 36 heavy (non-hydrogen) atoms. The number of hydrogen-bond donors (Lipinski definition) is 1. The Bertz CT molecular complexity index is 1370. The molecular formula is C24H28N4O5S3. The minimum absolute atomic E-state index is 0.00307. The third kappa shape index (κ3) is 4.97. The zero-order chi connectivity index (χ0) is 25.3. The van der Waals surface area contributed by atoms with Gasteiger partial charge in [0.2, 0.25) is 0 Å². The molecule has 9 nitrogen and oxygen atoms in total. The summed E-state index contributed by atoms with van der Waals surface area (Å²) in [6.45, 7) is 1.45. The highest BCUT2D eigenvalue weighted by atomic mass is 32.2. The standard InChI is InChI=1S/C24H28N4O5S3/c1-28(36(30,31)21-5-3-4-8-25-21)20-15-18(33-10-9-32-2)13-17-14-19(27-22(17)20)23-26-16-24(34-23)6-11-35(29)12-7-24/h3-5,8,13-15,27H,6-7,9-12,16H2,1-2H3. The van der Waals surface area contributed by atoms with Crippen LogP contribution in [-0.2, 0) is 25.9 Å². The summed E-state index contributed by atoms with van der Waals surface area (Å²) in [4.78, 5) is 12.3. The maximum atomic E-state index is 13.4. The number of nitrogens with one attached hydrogen (secondary N) is 1. The second-order valence-electron chi connectivity index (χ2n) is 8.83. The van der Waals surface area contributed by atoms with E-state index in [2.05, 4.69) is 9.97 Å². The molecule has 1 fully saturated rings. The number of anilines is 1. The van der Waals surface area contributed by atoms with Gasteiger partial charge in [0.25, 0.3) is 10.0 Å². The third-order valence-corrected chi connectivity index (χ3v) is 11.0. The number of rotatable bonds is 8. The van der Waals surface area contributed by atoms with Crippen LogP contribution in [0.3, 0.4) is 0 Å². The summed E-state index contributed by atoms with van der Waals surface area (Å²) in [5, 5.41) is 1.67. The molecule has 0 atom stereocenters. The Morgan fingerprint density at radius 3 is 2.75 bits per heavy atom. The Labute approximate surface area is 217 Å². The number of aromatic amines is 1. The largest absolute Gasteiger partial charge is 0.616 e. The molecule has 1 aromatic carbocycles. The first-order valence-corrected chi connectivity index (χ1v) is 15.3. The Hall–Kier alpha value is -2.25. The van der Waals surface area contributed by atoms with Crippen LogP contribution < -0.4 is 9.04 Å². The number of aromatic nitrogens is 2. The lowest BCUT2D eigenvalue weighted by Gasteiger charge is -2.32. The van der Waals surface area contributed by atoms with E-state index in [0.717, 1.165) is 29.0 Å². The number of thioether (sulfide) groups is 1. The van der Waals surface area contributed by atoms with Crippen molar-refractivity contribution in [1.29, 1.82) is 0 Å². The van der Waals surface area contributed by atoms with Crippen molar-refractivity contribution in [2.24, 2.45) is 4.99 Å². The molecule has 1 saturated heterocycles. The SMILES string of the molecule is COCCOc1cc(N(C)S(=O)(=O)c2ccccn2)c2[nH]c(C3=NCC4(CC[S+]([O-])CC4)S3)cc2c1. The molecular weight excluding hydrogens is 520 g/mol. The molecule has 0 amide bonds. The van der Waals surface area contributed by atoms with E-state index in [9.17, 15) is 13.0 Å². The van der Waals surface area contributed by atoms with Gasteiger partial charge in [0, 0.05) is 44.6 Å². The van der Waals surface area contributed by atoms with Crippen LogP contribution in [-0.4, -0.2) is 78.2 Å². The number of sulfonamides is 1. The number of fused-ring (bicyclic) bond motifs is 1. The van der Waals surface area contributed by atoms with Crippen molar-refractivity contribution in [2.75, 3.05) is 49.7 Å². The van der Waals surface area contributed by atoms with E-state index >= 15 is 0 Å². The zero-order valence-corrected chi connectivity index (χ0v) is 22.5. The lowest BCUT2D eigenvalue weighted by Crippen LogP contribution is -2.37. The summed E-state index contributed by atoms with van der Waals surface area (Å²) < 4.78 is 50.8. The average Bonchev–Trinajstić information content (AvgIpc) is 3.50. The van der Waals surface area contributed by atoms with Gasteiger partial charge in [0.1, 0.15) is 28.9 Å². The lowest BCUT2D eigenvalue weighted by atomic mass is 10.0. The number of nitrogens with zero attached hydrogens (tertiary/aromatic N) is 3. The molecule has 0 bridgehead atoms. The number of pyridine rings is 1. The Morgan fingerprint density at radius 2 is 2.03 bits per heavy atom. The van der Waals surface area contributed by atoms with Crippen molar-refractivity contribution in [3.05, 3.63) is 48.3 Å². The second-order valence-corrected chi connectivity index (χ2v) is 13.9. The summed E-state index contributed by atoms with van der Waals surface area (Å²) in [5.74, 6) is 1.96. The van der Waals surface area contributed by atoms with Crippen molar-refractivity contribution in [1.82, 2.24) is 9.97 Å². The maximum absolute atomic E-state index is 13.4. The third-order valence-electron chi connectivity index (χ3n) is 6.46. The van der Waals surface area contributed by atoms with Crippen LogP contribution in [0.2, 0.25) is 0 Å². The van der Waals surface area contributed by atoms with Crippen LogP contribution in [0, 0.1) is 0 Å². The summed E-state index contributed by atoms with van der Waals surface area (Å²) >= 11 is 1.00. The van der Waals surface area contributed by atoms with Gasteiger partial charge in [0.05, 0.1) is 34.8 Å². The predicted octanol–water partition coefficient (Wildman–Crippen LogP) is 3.19. The fraction of sp³-hybridized carbons (Fsp3) is 0.417. The summed E-state index contributed by atoms with van der Waals surface area (Å²) in [7, 11) is -0.796. The first kappa shape index (κ1) is 25.4. The maximum Gasteiger partial charge on any atom is 0.281 e. The van der Waals surface area contributed by atoms with Gasteiger partial charge < -0.3 is 19.0 Å². The molecule has 192 valence electrons. The Kier molecular flexibility index (Phi) is 7.23. The Morgan fingerprint density at radius 1 is 1.22 bits per heavy atom. The minimum atomic E-state index is -3.91. The van der Waals surface area contributed by atoms with Crippen LogP contribution >= 0.6 is 11.8 Å². The van der Waals surface area contributed by atoms with Crippen molar-refractivity contribution in [3.63, 3.8) is 0 Å². The number of hydrogen-bond acceptors (Lipinski definition) is 8. The highest BCUT2D eigenvalue weighted by Crippen LogP contribution is 2.44. The molecule has 2 aliphatic heterocycles. The van der Waals surface area contributed by atoms with Crippen LogP contribution in [0.1, 0.15) is 18.5 Å². The monoisotopic (exact) mass is 548 g/mol. The molecule has 2 aromatic heterocycles. The van der Waals surface area contributed by atoms with E-state index < -0.39 is 21.2 Å². The van der Waals surface area contributed by atoms with Crippen LogP contribution in [0.15, 0.2) is 52.6 Å². The molecule has 4 heterocycles. The van der Waals surface area contributed by atoms with Crippen molar-refractivity contribution >= 4 is 54.6 Å². The number of methoxy groups -OCH3 is 1. The molecule has 1 spiro atoms. The summed E-state index contributed by atoms with van der Waals surface area (Å²) in [5.41, 5.74) is 1.95. The molecule has 0 aliphatic carbocycles. The van der Waals surface area contributed by atoms with Gasteiger partial charge in [-0.25, -0.2) is 4.98 Å². The fourth-order valence-corrected chi connectivity index (χ4v) is 8.49. The molecule has 1 N–H and O–H groups in total. The second kappa shape index (κ2) is 10.3. The number of H-pyrrole nitrogens is 1. The quantitative estimate of drug-likeness (QED) is 0.339. The smallest absolute Gasteiger partial charge is 0.281 e. The van der Waals surface area contributed by atoms with E-state index in [4.69, 9.17) is 14.5 Å². The van der Waals surface area contributed by atoms with Gasteiger partial charge >= 0.3 is 0 Å². The van der Waals surface area contributed by atoms with Gasteiger partial charge in [-0.1, -0.05) is 29.0 Å². The van der Waals surface area contributed by atoms with Crippen LogP contribution in [0.5, 0.6) is 5.75 Å². The molecule has 0 unspecified atom stereocenters. The van der Waals surface area contributed by atoms with E-state index in [1.807, 2.05) is 12.1 Å². The fourth-order valence-electron chi connectivity index (χ4n) is 4.37.